The fourth-order valence-electron chi connectivity index (χ4n) is 3.42. The van der Waals surface area contributed by atoms with Gasteiger partial charge in [-0.3, -0.25) is 4.79 Å². The summed E-state index contributed by atoms with van der Waals surface area (Å²) in [4.78, 5) is 19.7. The summed E-state index contributed by atoms with van der Waals surface area (Å²) in [6, 6.07) is 3.19. The lowest BCUT2D eigenvalue weighted by atomic mass is 10.1. The number of alkyl halides is 7. The molecule has 0 unspecified atom stereocenters. The van der Waals surface area contributed by atoms with Gasteiger partial charge in [0.15, 0.2) is 17.3 Å². The number of pyridine rings is 1. The molecular formula is C21H13F7N8O2. The molecule has 1 amide bonds. The first kappa shape index (κ1) is 26.4. The van der Waals surface area contributed by atoms with Crippen LogP contribution in [0.15, 0.2) is 24.7 Å². The summed E-state index contributed by atoms with van der Waals surface area (Å²) in [5.74, 6) is -9.00. The Morgan fingerprint density at radius 3 is 2.50 bits per heavy atom. The van der Waals surface area contributed by atoms with Crippen molar-refractivity contribution < 1.29 is 40.3 Å². The number of hydrogen-bond donors (Lipinski definition) is 1. The third-order valence-electron chi connectivity index (χ3n) is 5.50. The summed E-state index contributed by atoms with van der Waals surface area (Å²) in [6.07, 6.45) is -2.03. The molecule has 0 aliphatic heterocycles. The van der Waals surface area contributed by atoms with E-state index in [0.29, 0.717) is 22.2 Å². The predicted molar refractivity (Wildman–Crippen MR) is 111 cm³/mol. The molecule has 10 nitrogen and oxygen atoms in total. The smallest absolute Gasteiger partial charge is 0.428 e. The zero-order valence-corrected chi connectivity index (χ0v) is 18.9. The van der Waals surface area contributed by atoms with Gasteiger partial charge in [0.1, 0.15) is 11.7 Å². The number of aromatic nitrogens is 5. The standard InChI is InChI=1S/C21H13F7N8O2/c1-30-15-12(16(37)33-19(9-29)3-4-19)5-10(6-31-15)11-7-32-36(8-11)17-13(38-18(22)23)14(34-35(17)2)20(24,25)21(26,27)28/h5-8,18H,3-4H2,2H3,(H,33,37). The van der Waals surface area contributed by atoms with Gasteiger partial charge in [0.05, 0.1) is 17.8 Å². The van der Waals surface area contributed by atoms with E-state index in [1.54, 1.807) is 0 Å². The fourth-order valence-corrected chi connectivity index (χ4v) is 3.42. The Morgan fingerprint density at radius 2 is 1.95 bits per heavy atom. The number of nitrogens with zero attached hydrogens (tertiary/aromatic N) is 7. The van der Waals surface area contributed by atoms with Crippen molar-refractivity contribution in [2.24, 2.45) is 7.05 Å². The summed E-state index contributed by atoms with van der Waals surface area (Å²) in [7, 11) is 0.919. The Hall–Kier alpha value is -4.67. The predicted octanol–water partition coefficient (Wildman–Crippen LogP) is 4.26. The third-order valence-corrected chi connectivity index (χ3v) is 5.50. The maximum absolute atomic E-state index is 14.0. The van der Waals surface area contributed by atoms with E-state index < -0.39 is 47.4 Å². The topological polar surface area (TPSA) is 115 Å². The molecule has 3 aromatic rings. The molecule has 1 aliphatic rings. The van der Waals surface area contributed by atoms with Crippen LogP contribution in [0.3, 0.4) is 0 Å². The molecule has 1 N–H and O–H groups in total. The quantitative estimate of drug-likeness (QED) is 0.353. The minimum absolute atomic E-state index is 0.109. The molecule has 0 radical (unpaired) electrons. The van der Waals surface area contributed by atoms with E-state index in [9.17, 15) is 40.8 Å². The summed E-state index contributed by atoms with van der Waals surface area (Å²) >= 11 is 0. The molecule has 0 bridgehead atoms. The number of hydrogen-bond acceptors (Lipinski definition) is 6. The van der Waals surface area contributed by atoms with Gasteiger partial charge in [-0.1, -0.05) is 6.57 Å². The van der Waals surface area contributed by atoms with E-state index in [1.807, 2.05) is 6.07 Å². The van der Waals surface area contributed by atoms with Crippen LogP contribution in [0, 0.1) is 17.9 Å². The molecule has 1 aliphatic carbocycles. The van der Waals surface area contributed by atoms with Gasteiger partial charge in [0.25, 0.3) is 5.82 Å². The summed E-state index contributed by atoms with van der Waals surface area (Å²) in [5, 5.41) is 18.6. The molecule has 0 spiro atoms. The number of ether oxygens (including phenoxy) is 1. The van der Waals surface area contributed by atoms with Crippen LogP contribution < -0.4 is 10.1 Å². The Balaban J connectivity index is 1.76. The number of halogens is 7. The first-order valence-corrected chi connectivity index (χ1v) is 10.4. The summed E-state index contributed by atoms with van der Waals surface area (Å²) in [5.41, 5.74) is -3.07. The van der Waals surface area contributed by atoms with Crippen LogP contribution in [-0.2, 0) is 13.0 Å². The van der Waals surface area contributed by atoms with E-state index >= 15 is 0 Å². The summed E-state index contributed by atoms with van der Waals surface area (Å²) in [6.45, 7) is 3.46. The monoisotopic (exact) mass is 542 g/mol. The maximum Gasteiger partial charge on any atom is 0.459 e. The highest BCUT2D eigenvalue weighted by Gasteiger charge is 2.62. The second-order valence-corrected chi connectivity index (χ2v) is 8.10. The minimum atomic E-state index is -6.16. The van der Waals surface area contributed by atoms with Crippen LogP contribution in [0.1, 0.15) is 28.9 Å². The average molecular weight is 542 g/mol. The van der Waals surface area contributed by atoms with Gasteiger partial charge in [-0.05, 0) is 18.9 Å². The Labute approximate surface area is 208 Å². The number of aryl methyl sites for hydroxylation is 1. The molecule has 0 aromatic carbocycles. The fraction of sp³-hybridized carbons (Fsp3) is 0.333. The summed E-state index contributed by atoms with van der Waals surface area (Å²) < 4.78 is 98.1. The first-order chi connectivity index (χ1) is 17.7. The van der Waals surface area contributed by atoms with Gasteiger partial charge in [-0.25, -0.2) is 9.36 Å². The van der Waals surface area contributed by atoms with E-state index in [4.69, 9.17) is 6.57 Å². The van der Waals surface area contributed by atoms with E-state index in [2.05, 4.69) is 30.1 Å². The highest BCUT2D eigenvalue weighted by Crippen LogP contribution is 2.48. The van der Waals surface area contributed by atoms with Crippen LogP contribution in [-0.4, -0.2) is 48.8 Å². The highest BCUT2D eigenvalue weighted by atomic mass is 19.4. The van der Waals surface area contributed by atoms with Crippen molar-refractivity contribution in [1.29, 1.82) is 5.26 Å². The van der Waals surface area contributed by atoms with Crippen molar-refractivity contribution in [1.82, 2.24) is 29.9 Å². The number of carbonyl (C=O) groups excluding carboxylic acids is 1. The van der Waals surface area contributed by atoms with Gasteiger partial charge < -0.3 is 14.9 Å². The normalized spacial score (nSPS) is 14.6. The van der Waals surface area contributed by atoms with Gasteiger partial charge in [0.2, 0.25) is 5.91 Å². The van der Waals surface area contributed by atoms with Gasteiger partial charge in [0, 0.05) is 24.4 Å². The third kappa shape index (κ3) is 4.58. The zero-order chi connectivity index (χ0) is 28.0. The molecular weight excluding hydrogens is 529 g/mol. The molecule has 3 aromatic heterocycles. The van der Waals surface area contributed by atoms with Gasteiger partial charge in [-0.2, -0.15) is 46.2 Å². The lowest BCUT2D eigenvalue weighted by Gasteiger charge is -2.18. The van der Waals surface area contributed by atoms with E-state index in [-0.39, 0.29) is 22.5 Å². The first-order valence-electron chi connectivity index (χ1n) is 10.4. The minimum Gasteiger partial charge on any atom is -0.428 e. The lowest BCUT2D eigenvalue weighted by molar-refractivity contribution is -0.291. The van der Waals surface area contributed by atoms with Crippen molar-refractivity contribution >= 4 is 11.7 Å². The SMILES string of the molecule is [C-]#[N+]c1ncc(-c2cnn(-c3c(OC(F)F)c(C(F)(F)C(F)(F)F)nn3C)c2)cc1C(=O)NC1(C#N)CC1. The second-order valence-electron chi connectivity index (χ2n) is 8.10. The Morgan fingerprint density at radius 1 is 1.26 bits per heavy atom. The lowest BCUT2D eigenvalue weighted by Crippen LogP contribution is -2.35. The Kier molecular flexibility index (Phi) is 6.26. The van der Waals surface area contributed by atoms with E-state index in [1.165, 1.54) is 6.07 Å². The Bertz CT molecular complexity index is 1490. The van der Waals surface area contributed by atoms with Crippen LogP contribution in [0.2, 0.25) is 0 Å². The second kappa shape index (κ2) is 9.02. The van der Waals surface area contributed by atoms with Crippen LogP contribution in [0.25, 0.3) is 21.8 Å². The average Bonchev–Trinajstić information content (AvgIpc) is 3.30. The molecule has 4 rings (SSSR count). The van der Waals surface area contributed by atoms with Crippen molar-refractivity contribution in [3.8, 4) is 28.8 Å². The molecule has 0 atom stereocenters. The van der Waals surface area contributed by atoms with Crippen molar-refractivity contribution in [2.45, 2.75) is 37.1 Å². The van der Waals surface area contributed by atoms with Crippen molar-refractivity contribution in [3.05, 3.63) is 47.3 Å². The number of amides is 1. The van der Waals surface area contributed by atoms with Crippen LogP contribution >= 0.6 is 0 Å². The number of rotatable bonds is 7. The molecule has 17 heteroatoms. The number of nitrogens with one attached hydrogen (secondary N) is 1. The molecule has 38 heavy (non-hydrogen) atoms. The largest absolute Gasteiger partial charge is 0.459 e. The highest BCUT2D eigenvalue weighted by molar-refractivity contribution is 6.00. The van der Waals surface area contributed by atoms with Gasteiger partial charge >= 0.3 is 18.7 Å². The zero-order valence-electron chi connectivity index (χ0n) is 18.9. The van der Waals surface area contributed by atoms with E-state index in [0.717, 1.165) is 25.6 Å². The van der Waals surface area contributed by atoms with Crippen molar-refractivity contribution in [2.75, 3.05) is 0 Å². The number of carbonyl (C=O) groups is 1. The van der Waals surface area contributed by atoms with Crippen LogP contribution in [0.5, 0.6) is 5.75 Å². The molecule has 1 saturated carbocycles. The molecule has 1 fully saturated rings. The molecule has 198 valence electrons. The van der Waals surface area contributed by atoms with Crippen molar-refractivity contribution in [3.63, 3.8) is 0 Å². The maximum atomic E-state index is 14.0. The number of nitriles is 1. The van der Waals surface area contributed by atoms with Gasteiger partial charge in [-0.15, -0.1) is 4.98 Å². The molecule has 3 heterocycles. The van der Waals surface area contributed by atoms with Crippen LogP contribution in [0.4, 0.5) is 36.6 Å². The molecule has 0 saturated heterocycles.